The average Bonchev–Trinajstić information content (AvgIpc) is 2.70. The first-order valence-corrected chi connectivity index (χ1v) is 8.02. The Labute approximate surface area is 152 Å². The van der Waals surface area contributed by atoms with Crippen LogP contribution in [-0.4, -0.2) is 34.5 Å². The van der Waals surface area contributed by atoms with E-state index in [0.29, 0.717) is 53.1 Å². The number of fused-ring (bicyclic) bond motifs is 1. The van der Waals surface area contributed by atoms with E-state index >= 15 is 0 Å². The molecule has 134 valence electrons. The van der Waals surface area contributed by atoms with E-state index in [1.165, 1.54) is 21.3 Å². The number of nitriles is 1. The Kier molecular flexibility index (Phi) is 5.18. The number of hydrogen-bond acceptors (Lipinski definition) is 6. The quantitative estimate of drug-likeness (QED) is 0.605. The summed E-state index contributed by atoms with van der Waals surface area (Å²) in [6.45, 7) is 1.05. The summed E-state index contributed by atoms with van der Waals surface area (Å²) >= 11 is 0. The molecule has 2 aromatic carbocycles. The number of allylic oxidation sites excluding steroid dienone is 1. The van der Waals surface area contributed by atoms with Gasteiger partial charge in [-0.1, -0.05) is 6.07 Å². The lowest BCUT2D eigenvalue weighted by molar-refractivity contribution is 0.171. The van der Waals surface area contributed by atoms with E-state index in [1.807, 2.05) is 18.2 Å². The van der Waals surface area contributed by atoms with Gasteiger partial charge in [0.1, 0.15) is 13.2 Å². The fourth-order valence-corrected chi connectivity index (χ4v) is 2.73. The molecular weight excluding hydrogens is 334 g/mol. The SMILES string of the molecule is COc1cc(/C(C#N)=C/c2ccc3c(c2)OCCO3)cc(OC)c1OC. The Bertz CT molecular complexity index is 857. The van der Waals surface area contributed by atoms with Crippen LogP contribution in [0.1, 0.15) is 11.1 Å². The zero-order valence-electron chi connectivity index (χ0n) is 14.9. The van der Waals surface area contributed by atoms with E-state index in [2.05, 4.69) is 6.07 Å². The van der Waals surface area contributed by atoms with Crippen LogP contribution in [0.4, 0.5) is 0 Å². The van der Waals surface area contributed by atoms with E-state index in [0.717, 1.165) is 5.56 Å². The first-order valence-electron chi connectivity index (χ1n) is 8.02. The average molecular weight is 353 g/mol. The van der Waals surface area contributed by atoms with Crippen LogP contribution >= 0.6 is 0 Å². The topological polar surface area (TPSA) is 69.9 Å². The summed E-state index contributed by atoms with van der Waals surface area (Å²) in [6, 6.07) is 11.3. The van der Waals surface area contributed by atoms with Gasteiger partial charge in [0.15, 0.2) is 23.0 Å². The van der Waals surface area contributed by atoms with Gasteiger partial charge in [-0.2, -0.15) is 5.26 Å². The van der Waals surface area contributed by atoms with Gasteiger partial charge in [-0.05, 0) is 41.5 Å². The Morgan fingerprint density at radius 3 is 2.19 bits per heavy atom. The van der Waals surface area contributed by atoms with Gasteiger partial charge in [0.05, 0.1) is 33.0 Å². The molecule has 0 spiro atoms. The van der Waals surface area contributed by atoms with Gasteiger partial charge < -0.3 is 23.7 Å². The highest BCUT2D eigenvalue weighted by atomic mass is 16.6. The summed E-state index contributed by atoms with van der Waals surface area (Å²) < 4.78 is 27.2. The lowest BCUT2D eigenvalue weighted by atomic mass is 10.0. The minimum atomic E-state index is 0.459. The summed E-state index contributed by atoms with van der Waals surface area (Å²) in [5.41, 5.74) is 1.96. The molecule has 0 amide bonds. The number of nitrogens with zero attached hydrogens (tertiary/aromatic N) is 1. The van der Waals surface area contributed by atoms with Crippen LogP contribution in [0.25, 0.3) is 11.6 Å². The van der Waals surface area contributed by atoms with E-state index in [9.17, 15) is 5.26 Å². The standard InChI is InChI=1S/C20H19NO5/c1-22-18-10-14(11-19(23-2)20(18)24-3)15(12-21)8-13-4-5-16-17(9-13)26-7-6-25-16/h4-5,8-11H,6-7H2,1-3H3/b15-8+. The van der Waals surface area contributed by atoms with Crippen LogP contribution in [0.15, 0.2) is 30.3 Å². The Balaban J connectivity index is 2.03. The van der Waals surface area contributed by atoms with Crippen LogP contribution in [-0.2, 0) is 0 Å². The molecule has 1 heterocycles. The molecule has 6 nitrogen and oxygen atoms in total. The highest BCUT2D eigenvalue weighted by Crippen LogP contribution is 2.40. The van der Waals surface area contributed by atoms with Crippen LogP contribution in [0, 0.1) is 11.3 Å². The molecule has 0 aliphatic carbocycles. The predicted molar refractivity (Wildman–Crippen MR) is 97.0 cm³/mol. The Morgan fingerprint density at radius 2 is 1.62 bits per heavy atom. The normalized spacial score (nSPS) is 12.9. The van der Waals surface area contributed by atoms with Crippen molar-refractivity contribution in [1.82, 2.24) is 0 Å². The van der Waals surface area contributed by atoms with Crippen molar-refractivity contribution in [3.05, 3.63) is 41.5 Å². The lowest BCUT2D eigenvalue weighted by Crippen LogP contribution is -2.15. The van der Waals surface area contributed by atoms with Gasteiger partial charge in [-0.3, -0.25) is 0 Å². The van der Waals surface area contributed by atoms with Crippen molar-refractivity contribution in [2.75, 3.05) is 34.5 Å². The fourth-order valence-electron chi connectivity index (χ4n) is 2.73. The zero-order valence-corrected chi connectivity index (χ0v) is 14.9. The van der Waals surface area contributed by atoms with Gasteiger partial charge >= 0.3 is 0 Å². The Hall–Kier alpha value is -3.33. The third-order valence-corrected chi connectivity index (χ3v) is 3.97. The summed E-state index contributed by atoms with van der Waals surface area (Å²) in [6.07, 6.45) is 1.78. The predicted octanol–water partition coefficient (Wildman–Crippen LogP) is 3.55. The molecule has 6 heteroatoms. The summed E-state index contributed by atoms with van der Waals surface area (Å²) in [4.78, 5) is 0. The first kappa shape index (κ1) is 17.5. The summed E-state index contributed by atoms with van der Waals surface area (Å²) in [5.74, 6) is 2.84. The molecule has 2 aromatic rings. The van der Waals surface area contributed by atoms with Gasteiger partial charge in [-0.25, -0.2) is 0 Å². The van der Waals surface area contributed by atoms with Crippen LogP contribution < -0.4 is 23.7 Å². The largest absolute Gasteiger partial charge is 0.493 e. The highest BCUT2D eigenvalue weighted by molar-refractivity contribution is 5.91. The van der Waals surface area contributed by atoms with Crippen molar-refractivity contribution >= 4 is 11.6 Å². The number of rotatable bonds is 5. The van der Waals surface area contributed by atoms with E-state index in [-0.39, 0.29) is 0 Å². The van der Waals surface area contributed by atoms with Crippen molar-refractivity contribution in [2.45, 2.75) is 0 Å². The highest BCUT2D eigenvalue weighted by Gasteiger charge is 2.16. The maximum absolute atomic E-state index is 9.65. The molecule has 0 aromatic heterocycles. The first-order chi connectivity index (χ1) is 12.7. The number of hydrogen-bond donors (Lipinski definition) is 0. The molecular formula is C20H19NO5. The molecule has 0 radical (unpaired) electrons. The minimum Gasteiger partial charge on any atom is -0.493 e. The summed E-state index contributed by atoms with van der Waals surface area (Å²) in [5, 5.41) is 9.65. The molecule has 26 heavy (non-hydrogen) atoms. The van der Waals surface area contributed by atoms with Crippen LogP contribution in [0.2, 0.25) is 0 Å². The van der Waals surface area contributed by atoms with Crippen molar-refractivity contribution in [3.8, 4) is 34.8 Å². The molecule has 0 atom stereocenters. The second-order valence-electron chi connectivity index (χ2n) is 5.49. The van der Waals surface area contributed by atoms with Crippen molar-refractivity contribution in [2.24, 2.45) is 0 Å². The van der Waals surface area contributed by atoms with E-state index in [1.54, 1.807) is 18.2 Å². The zero-order chi connectivity index (χ0) is 18.5. The number of ether oxygens (including phenoxy) is 5. The van der Waals surface area contributed by atoms with Crippen molar-refractivity contribution in [3.63, 3.8) is 0 Å². The fraction of sp³-hybridized carbons (Fsp3) is 0.250. The smallest absolute Gasteiger partial charge is 0.203 e. The molecule has 0 N–H and O–H groups in total. The van der Waals surface area contributed by atoms with E-state index in [4.69, 9.17) is 23.7 Å². The summed E-state index contributed by atoms with van der Waals surface area (Å²) in [7, 11) is 4.62. The molecule has 0 unspecified atom stereocenters. The lowest BCUT2D eigenvalue weighted by Gasteiger charge is -2.18. The third kappa shape index (κ3) is 3.38. The molecule has 3 rings (SSSR count). The second-order valence-corrected chi connectivity index (χ2v) is 5.49. The van der Waals surface area contributed by atoms with Crippen LogP contribution in [0.5, 0.6) is 28.7 Å². The van der Waals surface area contributed by atoms with Gasteiger partial charge in [0.2, 0.25) is 5.75 Å². The maximum atomic E-state index is 9.65. The van der Waals surface area contributed by atoms with Gasteiger partial charge in [0, 0.05) is 0 Å². The monoisotopic (exact) mass is 353 g/mol. The van der Waals surface area contributed by atoms with Gasteiger partial charge in [0.25, 0.3) is 0 Å². The molecule has 0 bridgehead atoms. The number of methoxy groups -OCH3 is 3. The van der Waals surface area contributed by atoms with Gasteiger partial charge in [-0.15, -0.1) is 0 Å². The number of benzene rings is 2. The maximum Gasteiger partial charge on any atom is 0.203 e. The molecule has 1 aliphatic heterocycles. The minimum absolute atomic E-state index is 0.459. The molecule has 0 saturated heterocycles. The van der Waals surface area contributed by atoms with E-state index < -0.39 is 0 Å². The van der Waals surface area contributed by atoms with Crippen molar-refractivity contribution < 1.29 is 23.7 Å². The van der Waals surface area contributed by atoms with Crippen molar-refractivity contribution in [1.29, 1.82) is 5.26 Å². The Morgan fingerprint density at radius 1 is 0.962 bits per heavy atom. The molecule has 0 saturated carbocycles. The third-order valence-electron chi connectivity index (χ3n) is 3.97. The molecule has 1 aliphatic rings. The van der Waals surface area contributed by atoms with Crippen LogP contribution in [0.3, 0.4) is 0 Å². The molecule has 0 fully saturated rings. The second kappa shape index (κ2) is 7.70.